The van der Waals surface area contributed by atoms with E-state index in [-0.39, 0.29) is 11.9 Å². The molecule has 1 aromatic carbocycles. The van der Waals surface area contributed by atoms with Crippen LogP contribution >= 0.6 is 11.8 Å². The van der Waals surface area contributed by atoms with Crippen molar-refractivity contribution in [3.63, 3.8) is 0 Å². The zero-order valence-corrected chi connectivity index (χ0v) is 15.8. The van der Waals surface area contributed by atoms with E-state index in [1.165, 1.54) is 17.3 Å². The number of benzene rings is 1. The maximum atomic E-state index is 12.8. The van der Waals surface area contributed by atoms with Crippen molar-refractivity contribution in [1.82, 2.24) is 14.8 Å². The van der Waals surface area contributed by atoms with E-state index in [1.807, 2.05) is 47.7 Å². The minimum atomic E-state index is 0.0940. The molecule has 1 aliphatic rings. The Kier molecular flexibility index (Phi) is 4.32. The van der Waals surface area contributed by atoms with Gasteiger partial charge in [-0.3, -0.25) is 4.79 Å². The van der Waals surface area contributed by atoms with Crippen LogP contribution in [0, 0.1) is 6.92 Å². The molecule has 3 aromatic rings. The number of aryl methyl sites for hydroxylation is 1. The van der Waals surface area contributed by atoms with Crippen LogP contribution in [-0.4, -0.2) is 32.5 Å². The highest BCUT2D eigenvalue weighted by Crippen LogP contribution is 2.33. The lowest BCUT2D eigenvalue weighted by atomic mass is 10.1. The van der Waals surface area contributed by atoms with E-state index in [4.69, 9.17) is 4.42 Å². The Labute approximate surface area is 156 Å². The van der Waals surface area contributed by atoms with E-state index in [0.717, 1.165) is 29.3 Å². The molecule has 6 nitrogen and oxygen atoms in total. The minimum absolute atomic E-state index is 0.0940. The normalized spacial score (nSPS) is 16.1. The van der Waals surface area contributed by atoms with Gasteiger partial charge in [0.1, 0.15) is 5.76 Å². The number of nitrogens with zero attached hydrogens (tertiary/aromatic N) is 4. The highest BCUT2D eigenvalue weighted by atomic mass is 32.2. The number of carbonyl (C=O) groups is 1. The van der Waals surface area contributed by atoms with E-state index in [1.54, 1.807) is 6.26 Å². The maximum Gasteiger partial charge on any atom is 0.237 e. The number of fused-ring (bicyclic) bond motifs is 1. The van der Waals surface area contributed by atoms with Crippen molar-refractivity contribution in [2.75, 3.05) is 10.7 Å². The fourth-order valence-corrected chi connectivity index (χ4v) is 4.20. The molecule has 4 rings (SSSR count). The van der Waals surface area contributed by atoms with E-state index < -0.39 is 0 Å². The van der Waals surface area contributed by atoms with Crippen LogP contribution in [0.4, 0.5) is 5.69 Å². The van der Waals surface area contributed by atoms with Gasteiger partial charge in [0, 0.05) is 18.8 Å². The van der Waals surface area contributed by atoms with E-state index in [0.29, 0.717) is 10.9 Å². The van der Waals surface area contributed by atoms with E-state index >= 15 is 0 Å². The first-order valence-electron chi connectivity index (χ1n) is 8.53. The number of aromatic nitrogens is 3. The lowest BCUT2D eigenvalue weighted by Gasteiger charge is -2.22. The Morgan fingerprint density at radius 2 is 2.12 bits per heavy atom. The predicted octanol–water partition coefficient (Wildman–Crippen LogP) is 3.45. The molecule has 7 heteroatoms. The van der Waals surface area contributed by atoms with E-state index in [9.17, 15) is 4.79 Å². The summed E-state index contributed by atoms with van der Waals surface area (Å²) in [6.45, 7) is 3.98. The molecule has 0 saturated carbocycles. The van der Waals surface area contributed by atoms with Crippen LogP contribution in [0.5, 0.6) is 0 Å². The van der Waals surface area contributed by atoms with Crippen LogP contribution in [0.3, 0.4) is 0 Å². The third-order valence-corrected chi connectivity index (χ3v) is 5.74. The summed E-state index contributed by atoms with van der Waals surface area (Å²) >= 11 is 1.41. The van der Waals surface area contributed by atoms with Crippen LogP contribution in [0.1, 0.15) is 18.2 Å². The molecule has 0 spiro atoms. The summed E-state index contributed by atoms with van der Waals surface area (Å²) in [6.07, 6.45) is 2.54. The second-order valence-corrected chi connectivity index (χ2v) is 7.43. The fraction of sp³-hybridized carbons (Fsp3) is 0.316. The highest BCUT2D eigenvalue weighted by molar-refractivity contribution is 7.99. The third kappa shape index (κ3) is 2.82. The largest absolute Gasteiger partial charge is 0.469 e. The first-order valence-corrected chi connectivity index (χ1v) is 9.51. The van der Waals surface area contributed by atoms with Gasteiger partial charge in [-0.2, -0.15) is 0 Å². The summed E-state index contributed by atoms with van der Waals surface area (Å²) in [4.78, 5) is 14.7. The van der Waals surface area contributed by atoms with Crippen molar-refractivity contribution in [2.45, 2.75) is 31.5 Å². The fourth-order valence-electron chi connectivity index (χ4n) is 3.43. The SMILES string of the molecule is Cc1occc1-c1nnc(SCC(=O)N2c3ccccc3C[C@H]2C)n1C. The van der Waals surface area contributed by atoms with Gasteiger partial charge in [-0.25, -0.2) is 0 Å². The Morgan fingerprint density at radius 1 is 1.31 bits per heavy atom. The summed E-state index contributed by atoms with van der Waals surface area (Å²) in [5.41, 5.74) is 3.17. The molecule has 2 aromatic heterocycles. The predicted molar refractivity (Wildman–Crippen MR) is 101 cm³/mol. The van der Waals surface area contributed by atoms with Crippen LogP contribution in [0.2, 0.25) is 0 Å². The molecule has 0 N–H and O–H groups in total. The van der Waals surface area contributed by atoms with Crippen molar-refractivity contribution in [2.24, 2.45) is 7.05 Å². The van der Waals surface area contributed by atoms with Gasteiger partial charge in [0.15, 0.2) is 11.0 Å². The van der Waals surface area contributed by atoms with Crippen molar-refractivity contribution in [1.29, 1.82) is 0 Å². The lowest BCUT2D eigenvalue weighted by molar-refractivity contribution is -0.116. The van der Waals surface area contributed by atoms with Crippen LogP contribution < -0.4 is 4.90 Å². The zero-order valence-electron chi connectivity index (χ0n) is 15.0. The summed E-state index contributed by atoms with van der Waals surface area (Å²) in [5.74, 6) is 1.97. The molecule has 1 atom stereocenters. The molecule has 134 valence electrons. The minimum Gasteiger partial charge on any atom is -0.469 e. The Hall–Kier alpha value is -2.54. The second-order valence-electron chi connectivity index (χ2n) is 6.49. The number of furan rings is 1. The Morgan fingerprint density at radius 3 is 2.88 bits per heavy atom. The first-order chi connectivity index (χ1) is 12.6. The van der Waals surface area contributed by atoms with Gasteiger partial charge in [-0.05, 0) is 38.0 Å². The smallest absolute Gasteiger partial charge is 0.237 e. The van der Waals surface area contributed by atoms with Gasteiger partial charge in [0.05, 0.1) is 17.6 Å². The highest BCUT2D eigenvalue weighted by Gasteiger charge is 2.30. The van der Waals surface area contributed by atoms with Gasteiger partial charge in [0.2, 0.25) is 5.91 Å². The molecule has 0 aliphatic carbocycles. The van der Waals surface area contributed by atoms with Gasteiger partial charge in [-0.15, -0.1) is 10.2 Å². The van der Waals surface area contributed by atoms with Crippen LogP contribution in [-0.2, 0) is 18.3 Å². The van der Waals surface area contributed by atoms with Crippen LogP contribution in [0.15, 0.2) is 46.2 Å². The molecule has 1 aliphatic heterocycles. The summed E-state index contributed by atoms with van der Waals surface area (Å²) < 4.78 is 7.25. The lowest BCUT2D eigenvalue weighted by Crippen LogP contribution is -2.37. The topological polar surface area (TPSA) is 64.2 Å². The average Bonchev–Trinajstić information content (AvgIpc) is 3.29. The number of carbonyl (C=O) groups excluding carboxylic acids is 1. The number of hydrogen-bond donors (Lipinski definition) is 0. The molecular weight excluding hydrogens is 348 g/mol. The van der Waals surface area contributed by atoms with Gasteiger partial charge in [0.25, 0.3) is 0 Å². The summed E-state index contributed by atoms with van der Waals surface area (Å²) in [7, 11) is 1.91. The number of thioether (sulfide) groups is 1. The molecule has 0 fully saturated rings. The third-order valence-electron chi connectivity index (χ3n) is 4.74. The number of amides is 1. The second kappa shape index (κ2) is 6.64. The number of anilines is 1. The Bertz CT molecular complexity index is 962. The first kappa shape index (κ1) is 16.9. The molecule has 26 heavy (non-hydrogen) atoms. The number of hydrogen-bond acceptors (Lipinski definition) is 5. The molecule has 0 unspecified atom stereocenters. The molecule has 0 saturated heterocycles. The molecular formula is C19H20N4O2S. The van der Waals surface area contributed by atoms with Gasteiger partial charge < -0.3 is 13.9 Å². The maximum absolute atomic E-state index is 12.8. The zero-order chi connectivity index (χ0) is 18.3. The monoisotopic (exact) mass is 368 g/mol. The van der Waals surface area contributed by atoms with Crippen molar-refractivity contribution in [3.8, 4) is 11.4 Å². The van der Waals surface area contributed by atoms with Crippen LogP contribution in [0.25, 0.3) is 11.4 Å². The van der Waals surface area contributed by atoms with Crippen molar-refractivity contribution < 1.29 is 9.21 Å². The molecule has 3 heterocycles. The average molecular weight is 368 g/mol. The standard InChI is InChI=1S/C19H20N4O2S/c1-12-10-14-6-4-5-7-16(14)23(12)17(24)11-26-19-21-20-18(22(19)3)15-8-9-25-13(15)2/h4-9,12H,10-11H2,1-3H3/t12-/m1/s1. The van der Waals surface area contributed by atoms with E-state index in [2.05, 4.69) is 23.2 Å². The number of rotatable bonds is 4. The molecule has 0 bridgehead atoms. The van der Waals surface area contributed by atoms with Crippen molar-refractivity contribution in [3.05, 3.63) is 47.9 Å². The molecule has 1 amide bonds. The summed E-state index contributed by atoms with van der Waals surface area (Å²) in [6, 6.07) is 10.2. The van der Waals surface area contributed by atoms with Gasteiger partial charge >= 0.3 is 0 Å². The summed E-state index contributed by atoms with van der Waals surface area (Å²) in [5, 5.41) is 9.21. The Balaban J connectivity index is 1.49. The molecule has 0 radical (unpaired) electrons. The number of para-hydroxylation sites is 1. The van der Waals surface area contributed by atoms with Gasteiger partial charge in [-0.1, -0.05) is 30.0 Å². The quantitative estimate of drug-likeness (QED) is 0.660. The van der Waals surface area contributed by atoms with Crippen molar-refractivity contribution >= 4 is 23.4 Å².